The van der Waals surface area contributed by atoms with Crippen molar-refractivity contribution in [2.24, 2.45) is 0 Å². The fourth-order valence-electron chi connectivity index (χ4n) is 2.78. The first-order valence-corrected chi connectivity index (χ1v) is 8.30. The highest BCUT2D eigenvalue weighted by molar-refractivity contribution is 5.94. The molecule has 2 aromatic rings. The Kier molecular flexibility index (Phi) is 5.78. The lowest BCUT2D eigenvalue weighted by molar-refractivity contribution is -0.0605. The molecule has 0 unspecified atom stereocenters. The summed E-state index contributed by atoms with van der Waals surface area (Å²) in [5, 5.41) is 11.8. The summed E-state index contributed by atoms with van der Waals surface area (Å²) in [4.78, 5) is 12.4. The summed E-state index contributed by atoms with van der Waals surface area (Å²) in [5.41, 5.74) is 2.15. The lowest BCUT2D eigenvalue weighted by atomic mass is 10.1. The molecule has 0 aromatic heterocycles. The van der Waals surface area contributed by atoms with E-state index in [4.69, 9.17) is 14.7 Å². The third-order valence-electron chi connectivity index (χ3n) is 4.19. The molecule has 1 aliphatic heterocycles. The van der Waals surface area contributed by atoms with E-state index >= 15 is 0 Å². The van der Waals surface area contributed by atoms with E-state index in [1.165, 1.54) is 0 Å². The van der Waals surface area contributed by atoms with Gasteiger partial charge in [0.25, 0.3) is 5.91 Å². The number of nitrogens with one attached hydrogen (secondary N) is 1. The average Bonchev–Trinajstić information content (AvgIpc) is 2.68. The van der Waals surface area contributed by atoms with E-state index in [-0.39, 0.29) is 18.1 Å². The zero-order valence-corrected chi connectivity index (χ0v) is 13.9. The van der Waals surface area contributed by atoms with Gasteiger partial charge in [-0.1, -0.05) is 30.3 Å². The van der Waals surface area contributed by atoms with Crippen LogP contribution in [0.1, 0.15) is 27.9 Å². The Morgan fingerprint density at radius 1 is 1.20 bits per heavy atom. The molecule has 5 nitrogen and oxygen atoms in total. The van der Waals surface area contributed by atoms with Crippen LogP contribution in [0.5, 0.6) is 0 Å². The Bertz CT molecular complexity index is 738. The van der Waals surface area contributed by atoms with Gasteiger partial charge in [-0.3, -0.25) is 4.79 Å². The van der Waals surface area contributed by atoms with Gasteiger partial charge >= 0.3 is 0 Å². The summed E-state index contributed by atoms with van der Waals surface area (Å²) in [6.07, 6.45) is 0.654. The minimum Gasteiger partial charge on any atom is -0.379 e. The van der Waals surface area contributed by atoms with E-state index in [9.17, 15) is 4.79 Å². The lowest BCUT2D eigenvalue weighted by Gasteiger charge is -2.32. The molecule has 0 saturated carbocycles. The first-order chi connectivity index (χ1) is 12.3. The van der Waals surface area contributed by atoms with Crippen LogP contribution in [0.25, 0.3) is 0 Å². The van der Waals surface area contributed by atoms with E-state index in [0.29, 0.717) is 30.9 Å². The summed E-state index contributed by atoms with van der Waals surface area (Å²) >= 11 is 0. The first-order valence-electron chi connectivity index (χ1n) is 8.30. The summed E-state index contributed by atoms with van der Waals surface area (Å²) in [6.45, 7) is 1.57. The molecule has 25 heavy (non-hydrogen) atoms. The summed E-state index contributed by atoms with van der Waals surface area (Å²) in [6, 6.07) is 18.4. The first kappa shape index (κ1) is 17.2. The largest absolute Gasteiger partial charge is 0.379 e. The number of nitrogens with zero attached hydrogens (tertiary/aromatic N) is 1. The highest BCUT2D eigenvalue weighted by Crippen LogP contribution is 2.15. The standard InChI is InChI=1S/C20H20N2O3/c21-12-15-6-8-17(9-7-15)20(23)22-18-14-24-11-10-19(18)25-13-16-4-2-1-3-5-16/h1-9,18-19H,10-11,13-14H2,(H,22,23)/t18-,19+/m1/s1. The van der Waals surface area contributed by atoms with Crippen molar-refractivity contribution in [1.29, 1.82) is 5.26 Å². The Labute approximate surface area is 147 Å². The predicted molar refractivity (Wildman–Crippen MR) is 92.9 cm³/mol. The Morgan fingerprint density at radius 3 is 2.68 bits per heavy atom. The molecule has 1 aliphatic rings. The van der Waals surface area contributed by atoms with Crippen LogP contribution in [0.2, 0.25) is 0 Å². The highest BCUT2D eigenvalue weighted by atomic mass is 16.5. The van der Waals surface area contributed by atoms with Gasteiger partial charge in [-0.25, -0.2) is 0 Å². The maximum absolute atomic E-state index is 12.4. The van der Waals surface area contributed by atoms with Crippen molar-refractivity contribution in [3.63, 3.8) is 0 Å². The normalized spacial score (nSPS) is 19.8. The van der Waals surface area contributed by atoms with Crippen LogP contribution >= 0.6 is 0 Å². The van der Waals surface area contributed by atoms with Crippen molar-refractivity contribution in [3.8, 4) is 6.07 Å². The molecule has 2 aromatic carbocycles. The molecular formula is C20H20N2O3. The van der Waals surface area contributed by atoms with Gasteiger partial charge in [0.2, 0.25) is 0 Å². The van der Waals surface area contributed by atoms with Crippen LogP contribution in [-0.4, -0.2) is 31.3 Å². The number of benzene rings is 2. The van der Waals surface area contributed by atoms with Crippen molar-refractivity contribution >= 4 is 5.91 Å². The zero-order valence-electron chi connectivity index (χ0n) is 13.9. The molecule has 5 heteroatoms. The fraction of sp³-hybridized carbons (Fsp3) is 0.300. The van der Waals surface area contributed by atoms with Crippen LogP contribution in [0.15, 0.2) is 54.6 Å². The minimum atomic E-state index is -0.194. The van der Waals surface area contributed by atoms with Gasteiger partial charge in [0.15, 0.2) is 0 Å². The van der Waals surface area contributed by atoms with E-state index in [0.717, 1.165) is 12.0 Å². The molecule has 0 aliphatic carbocycles. The van der Waals surface area contributed by atoms with Crippen molar-refractivity contribution < 1.29 is 14.3 Å². The number of ether oxygens (including phenoxy) is 2. The Hall–Kier alpha value is -2.68. The molecule has 1 heterocycles. The number of hydrogen-bond acceptors (Lipinski definition) is 4. The smallest absolute Gasteiger partial charge is 0.251 e. The molecule has 0 radical (unpaired) electrons. The number of nitriles is 1. The van der Waals surface area contributed by atoms with Crippen LogP contribution in [0.3, 0.4) is 0 Å². The molecular weight excluding hydrogens is 316 g/mol. The second-order valence-electron chi connectivity index (χ2n) is 5.97. The third kappa shape index (κ3) is 4.66. The number of hydrogen-bond donors (Lipinski definition) is 1. The van der Waals surface area contributed by atoms with Gasteiger partial charge < -0.3 is 14.8 Å². The third-order valence-corrected chi connectivity index (χ3v) is 4.19. The highest BCUT2D eigenvalue weighted by Gasteiger charge is 2.28. The van der Waals surface area contributed by atoms with E-state index in [1.54, 1.807) is 24.3 Å². The molecule has 1 fully saturated rings. The van der Waals surface area contributed by atoms with Gasteiger partial charge in [-0.15, -0.1) is 0 Å². The second-order valence-corrected chi connectivity index (χ2v) is 5.97. The van der Waals surface area contributed by atoms with Crippen LogP contribution < -0.4 is 5.32 Å². The van der Waals surface area contributed by atoms with Crippen molar-refractivity contribution in [2.45, 2.75) is 25.2 Å². The number of amides is 1. The quantitative estimate of drug-likeness (QED) is 0.911. The Balaban J connectivity index is 1.60. The SMILES string of the molecule is N#Cc1ccc(C(=O)N[C@@H]2COCC[C@@H]2OCc2ccccc2)cc1. The van der Waals surface area contributed by atoms with Crippen LogP contribution in [0.4, 0.5) is 0 Å². The topological polar surface area (TPSA) is 71.4 Å². The zero-order chi connectivity index (χ0) is 17.5. The van der Waals surface area contributed by atoms with E-state index < -0.39 is 0 Å². The summed E-state index contributed by atoms with van der Waals surface area (Å²) in [7, 11) is 0. The maximum Gasteiger partial charge on any atom is 0.251 e. The molecule has 1 N–H and O–H groups in total. The maximum atomic E-state index is 12.4. The lowest BCUT2D eigenvalue weighted by Crippen LogP contribution is -2.50. The number of rotatable bonds is 5. The van der Waals surface area contributed by atoms with Crippen molar-refractivity contribution in [1.82, 2.24) is 5.32 Å². The van der Waals surface area contributed by atoms with Gasteiger partial charge in [0, 0.05) is 12.2 Å². The van der Waals surface area contributed by atoms with Gasteiger partial charge in [-0.2, -0.15) is 5.26 Å². The van der Waals surface area contributed by atoms with E-state index in [1.807, 2.05) is 36.4 Å². The molecule has 128 valence electrons. The Morgan fingerprint density at radius 2 is 1.96 bits per heavy atom. The average molecular weight is 336 g/mol. The summed E-state index contributed by atoms with van der Waals surface area (Å²) < 4.78 is 11.5. The molecule has 3 rings (SSSR count). The van der Waals surface area contributed by atoms with Crippen LogP contribution in [0, 0.1) is 11.3 Å². The van der Waals surface area contributed by atoms with Gasteiger partial charge in [-0.05, 0) is 36.2 Å². The second kappa shape index (κ2) is 8.43. The fourth-order valence-corrected chi connectivity index (χ4v) is 2.78. The van der Waals surface area contributed by atoms with Crippen molar-refractivity contribution in [2.75, 3.05) is 13.2 Å². The van der Waals surface area contributed by atoms with Gasteiger partial charge in [0.05, 0.1) is 37.0 Å². The number of carbonyl (C=O) groups excluding carboxylic acids is 1. The molecule has 0 bridgehead atoms. The van der Waals surface area contributed by atoms with Crippen LogP contribution in [-0.2, 0) is 16.1 Å². The molecule has 1 saturated heterocycles. The molecule has 2 atom stereocenters. The molecule has 0 spiro atoms. The van der Waals surface area contributed by atoms with Crippen molar-refractivity contribution in [3.05, 3.63) is 71.3 Å². The predicted octanol–water partition coefficient (Wildman–Crippen LogP) is 2.66. The molecule has 1 amide bonds. The minimum absolute atomic E-state index is 0.0868. The summed E-state index contributed by atoms with van der Waals surface area (Å²) in [5.74, 6) is -0.187. The number of carbonyl (C=O) groups is 1. The van der Waals surface area contributed by atoms with Gasteiger partial charge in [0.1, 0.15) is 0 Å². The monoisotopic (exact) mass is 336 g/mol. The van der Waals surface area contributed by atoms with E-state index in [2.05, 4.69) is 5.32 Å².